The fourth-order valence-electron chi connectivity index (χ4n) is 3.78. The number of amides is 1. The first-order chi connectivity index (χ1) is 16.8. The number of thioether (sulfide) groups is 1. The highest BCUT2D eigenvalue weighted by Crippen LogP contribution is 2.42. The first kappa shape index (κ1) is 31.2. The summed E-state index contributed by atoms with van der Waals surface area (Å²) < 4.78 is 32.3. The van der Waals surface area contributed by atoms with Crippen LogP contribution in [-0.2, 0) is 57.2 Å². The Morgan fingerprint density at radius 2 is 1.58 bits per heavy atom. The third-order valence-corrected chi connectivity index (χ3v) is 6.06. The Morgan fingerprint density at radius 3 is 2.03 bits per heavy atom. The Kier molecular flexibility index (Phi) is 12.1. The van der Waals surface area contributed by atoms with E-state index in [-0.39, 0.29) is 6.42 Å². The number of methoxy groups -OCH3 is 1. The second kappa shape index (κ2) is 14.0. The quantitative estimate of drug-likeness (QED) is 0.282. The van der Waals surface area contributed by atoms with Crippen LogP contribution < -0.4 is 5.32 Å². The van der Waals surface area contributed by atoms with Gasteiger partial charge >= 0.3 is 29.8 Å². The second-order valence-corrected chi connectivity index (χ2v) is 9.39. The zero-order chi connectivity index (χ0) is 27.6. The molecule has 1 heterocycles. The van der Waals surface area contributed by atoms with Crippen LogP contribution in [0.25, 0.3) is 0 Å². The van der Waals surface area contributed by atoms with E-state index in [9.17, 15) is 28.8 Å². The minimum Gasteiger partial charge on any atom is -0.466 e. The molecular formula is C22H33NO12S. The van der Waals surface area contributed by atoms with Gasteiger partial charge in [-0.25, -0.2) is 4.79 Å². The van der Waals surface area contributed by atoms with E-state index < -0.39 is 77.8 Å². The fourth-order valence-corrected chi connectivity index (χ4v) is 4.91. The standard InChI is InChI=1S/C22H33NO12S/c1-8-36-22(21(29)30-7)9-16(32-13(4)26)18(23-11(2)24)20(35-22)19(34-15(6)28)17(33-14(5)27)10-31-12(3)25/h16-20H,8-10H2,1-7H3,(H,23,24)/t16?,17-,18-,19-,20?,22+/m1/s1. The van der Waals surface area contributed by atoms with Gasteiger partial charge in [0.15, 0.2) is 12.2 Å². The van der Waals surface area contributed by atoms with Crippen LogP contribution in [0.1, 0.15) is 48.0 Å². The van der Waals surface area contributed by atoms with Crippen molar-refractivity contribution in [2.75, 3.05) is 19.5 Å². The first-order valence-corrected chi connectivity index (χ1v) is 12.1. The molecule has 1 aliphatic rings. The molecule has 1 saturated heterocycles. The summed E-state index contributed by atoms with van der Waals surface area (Å²) in [5.41, 5.74) is 0. The Hall–Kier alpha value is -2.87. The van der Waals surface area contributed by atoms with Crippen LogP contribution in [0.4, 0.5) is 0 Å². The number of carbonyl (C=O) groups is 6. The van der Waals surface area contributed by atoms with E-state index in [4.69, 9.17) is 28.4 Å². The van der Waals surface area contributed by atoms with Crippen LogP contribution in [0.5, 0.6) is 0 Å². The molecule has 0 aromatic rings. The molecule has 14 heteroatoms. The zero-order valence-corrected chi connectivity index (χ0v) is 22.1. The van der Waals surface area contributed by atoms with Crippen molar-refractivity contribution >= 4 is 47.5 Å². The van der Waals surface area contributed by atoms with Gasteiger partial charge in [0.05, 0.1) is 13.2 Å². The predicted octanol–water partition coefficient (Wildman–Crippen LogP) is 0.261. The molecular weight excluding hydrogens is 502 g/mol. The lowest BCUT2D eigenvalue weighted by molar-refractivity contribution is -0.224. The molecule has 1 fully saturated rings. The largest absolute Gasteiger partial charge is 0.466 e. The van der Waals surface area contributed by atoms with Crippen molar-refractivity contribution in [3.05, 3.63) is 0 Å². The Bertz CT molecular complexity index is 849. The van der Waals surface area contributed by atoms with E-state index in [2.05, 4.69) is 5.32 Å². The number of hydrogen-bond donors (Lipinski definition) is 1. The highest BCUT2D eigenvalue weighted by molar-refractivity contribution is 8.01. The molecule has 13 nitrogen and oxygen atoms in total. The summed E-state index contributed by atoms with van der Waals surface area (Å²) in [6, 6.07) is -1.17. The van der Waals surface area contributed by atoms with Gasteiger partial charge in [-0.15, -0.1) is 11.8 Å². The Labute approximate surface area is 213 Å². The molecule has 1 rings (SSSR count). The second-order valence-electron chi connectivity index (χ2n) is 7.86. The molecule has 36 heavy (non-hydrogen) atoms. The van der Waals surface area contributed by atoms with Gasteiger partial charge in [0.25, 0.3) is 0 Å². The highest BCUT2D eigenvalue weighted by Gasteiger charge is 2.58. The molecule has 6 atom stereocenters. The molecule has 0 radical (unpaired) electrons. The van der Waals surface area contributed by atoms with Gasteiger partial charge in [-0.2, -0.15) is 0 Å². The molecule has 1 amide bonds. The molecule has 1 aliphatic heterocycles. The van der Waals surface area contributed by atoms with Gasteiger partial charge in [0, 0.05) is 41.0 Å². The van der Waals surface area contributed by atoms with Crippen molar-refractivity contribution in [2.45, 2.75) is 83.4 Å². The van der Waals surface area contributed by atoms with Gasteiger partial charge < -0.3 is 33.7 Å². The minimum absolute atomic E-state index is 0.214. The van der Waals surface area contributed by atoms with Crippen LogP contribution in [-0.4, -0.2) is 90.6 Å². The Balaban J connectivity index is 3.76. The maximum Gasteiger partial charge on any atom is 0.348 e. The normalized spacial score (nSPS) is 24.9. The van der Waals surface area contributed by atoms with E-state index in [0.717, 1.165) is 46.6 Å². The summed E-state index contributed by atoms with van der Waals surface area (Å²) in [6.45, 7) is 6.86. The van der Waals surface area contributed by atoms with Crippen molar-refractivity contribution in [1.29, 1.82) is 0 Å². The lowest BCUT2D eigenvalue weighted by Crippen LogP contribution is -2.68. The van der Waals surface area contributed by atoms with Crippen molar-refractivity contribution in [3.8, 4) is 0 Å². The topological polar surface area (TPSA) is 170 Å². The third kappa shape index (κ3) is 8.97. The number of ether oxygens (including phenoxy) is 6. The molecule has 204 valence electrons. The molecule has 2 unspecified atom stereocenters. The number of rotatable bonds is 11. The molecule has 0 aromatic heterocycles. The van der Waals surface area contributed by atoms with Crippen molar-refractivity contribution in [3.63, 3.8) is 0 Å². The number of esters is 5. The van der Waals surface area contributed by atoms with E-state index >= 15 is 0 Å². The van der Waals surface area contributed by atoms with Crippen molar-refractivity contribution < 1.29 is 57.2 Å². The van der Waals surface area contributed by atoms with Crippen molar-refractivity contribution in [2.24, 2.45) is 0 Å². The number of nitrogens with one attached hydrogen (secondary N) is 1. The summed E-state index contributed by atoms with van der Waals surface area (Å²) >= 11 is 1.03. The summed E-state index contributed by atoms with van der Waals surface area (Å²) in [6.07, 6.45) is -5.70. The smallest absolute Gasteiger partial charge is 0.348 e. The van der Waals surface area contributed by atoms with E-state index in [0.29, 0.717) is 5.75 Å². The van der Waals surface area contributed by atoms with Crippen LogP contribution in [0, 0.1) is 0 Å². The minimum atomic E-state index is -1.75. The van der Waals surface area contributed by atoms with E-state index in [1.165, 1.54) is 6.92 Å². The van der Waals surface area contributed by atoms with Gasteiger partial charge in [0.1, 0.15) is 18.8 Å². The monoisotopic (exact) mass is 535 g/mol. The first-order valence-electron chi connectivity index (χ1n) is 11.1. The molecule has 0 saturated carbocycles. The maximum absolute atomic E-state index is 12.9. The van der Waals surface area contributed by atoms with Gasteiger partial charge in [-0.3, -0.25) is 24.0 Å². The lowest BCUT2D eigenvalue weighted by Gasteiger charge is -2.48. The summed E-state index contributed by atoms with van der Waals surface area (Å²) in [5, 5.41) is 2.61. The molecule has 0 aliphatic carbocycles. The average molecular weight is 536 g/mol. The van der Waals surface area contributed by atoms with Gasteiger partial charge in [-0.1, -0.05) is 6.92 Å². The third-order valence-electron chi connectivity index (χ3n) is 4.87. The van der Waals surface area contributed by atoms with Gasteiger partial charge in [-0.05, 0) is 5.75 Å². The lowest BCUT2D eigenvalue weighted by atomic mass is 9.89. The SMILES string of the molecule is CCS[C@]1(C(=O)OC)CC(OC(C)=O)[C@@H](NC(C)=O)C([C@H](OC(C)=O)[C@@H](COC(C)=O)OC(C)=O)O1. The molecule has 0 spiro atoms. The van der Waals surface area contributed by atoms with Crippen LogP contribution >= 0.6 is 11.8 Å². The van der Waals surface area contributed by atoms with Crippen LogP contribution in [0.3, 0.4) is 0 Å². The summed E-state index contributed by atoms with van der Waals surface area (Å²) in [4.78, 5) is 70.7. The van der Waals surface area contributed by atoms with Crippen molar-refractivity contribution in [1.82, 2.24) is 5.32 Å². The molecule has 0 bridgehead atoms. The maximum atomic E-state index is 12.9. The summed E-state index contributed by atoms with van der Waals surface area (Å²) in [5.74, 6) is -4.05. The number of hydrogen-bond acceptors (Lipinski definition) is 13. The fraction of sp³-hybridized carbons (Fsp3) is 0.727. The Morgan fingerprint density at radius 1 is 0.972 bits per heavy atom. The zero-order valence-electron chi connectivity index (χ0n) is 21.3. The molecule has 0 aromatic carbocycles. The molecule has 1 N–H and O–H groups in total. The van der Waals surface area contributed by atoms with E-state index in [1.54, 1.807) is 6.92 Å². The highest BCUT2D eigenvalue weighted by atomic mass is 32.2. The van der Waals surface area contributed by atoms with Crippen LogP contribution in [0.2, 0.25) is 0 Å². The van der Waals surface area contributed by atoms with Crippen LogP contribution in [0.15, 0.2) is 0 Å². The van der Waals surface area contributed by atoms with Gasteiger partial charge in [0.2, 0.25) is 10.8 Å². The van der Waals surface area contributed by atoms with E-state index in [1.807, 2.05) is 0 Å². The summed E-state index contributed by atoms with van der Waals surface area (Å²) in [7, 11) is 1.14. The predicted molar refractivity (Wildman–Crippen MR) is 123 cm³/mol. The average Bonchev–Trinajstić information content (AvgIpc) is 2.75. The number of carbonyl (C=O) groups excluding carboxylic acids is 6.